The fourth-order valence-corrected chi connectivity index (χ4v) is 3.19. The van der Waals surface area contributed by atoms with E-state index in [1.807, 2.05) is 12.1 Å². The molecule has 0 amide bonds. The average molecular weight is 348 g/mol. The van der Waals surface area contributed by atoms with E-state index < -0.39 is 0 Å². The van der Waals surface area contributed by atoms with E-state index in [0.717, 1.165) is 28.5 Å². The highest BCUT2D eigenvalue weighted by molar-refractivity contribution is 9.10. The van der Waals surface area contributed by atoms with Gasteiger partial charge in [0.2, 0.25) is 0 Å². The number of benzene rings is 1. The number of rotatable bonds is 3. The summed E-state index contributed by atoms with van der Waals surface area (Å²) >= 11 is 3.41. The fraction of sp³-hybridized carbons (Fsp3) is 0.389. The highest BCUT2D eigenvalue weighted by Gasteiger charge is 2.28. The molecule has 1 aromatic carbocycles. The Morgan fingerprint density at radius 2 is 2.19 bits per heavy atom. The summed E-state index contributed by atoms with van der Waals surface area (Å²) < 4.78 is 6.24. The predicted molar refractivity (Wildman–Crippen MR) is 88.3 cm³/mol. The van der Waals surface area contributed by atoms with Crippen molar-refractivity contribution in [3.05, 3.63) is 52.0 Å². The second-order valence-electron chi connectivity index (χ2n) is 5.72. The Labute approximate surface area is 135 Å². The van der Waals surface area contributed by atoms with Gasteiger partial charge in [-0.2, -0.15) is 0 Å². The van der Waals surface area contributed by atoms with Crippen molar-refractivity contribution in [2.45, 2.75) is 39.5 Å². The topological polar surface area (TPSA) is 26.3 Å². The van der Waals surface area contributed by atoms with Crippen molar-refractivity contribution in [3.8, 4) is 5.75 Å². The average Bonchev–Trinajstić information content (AvgIpc) is 2.37. The molecule has 0 N–H and O–H groups in total. The summed E-state index contributed by atoms with van der Waals surface area (Å²) in [7, 11) is 0. The number of hydrogen-bond acceptors (Lipinski definition) is 2. The third kappa shape index (κ3) is 3.85. The maximum atomic E-state index is 11.4. The number of halogens is 1. The van der Waals surface area contributed by atoms with Gasteiger partial charge in [0.15, 0.2) is 0 Å². The molecule has 1 aromatic rings. The van der Waals surface area contributed by atoms with E-state index in [-0.39, 0.29) is 11.9 Å². The Morgan fingerprint density at radius 1 is 1.48 bits per heavy atom. The zero-order chi connectivity index (χ0) is 15.6. The number of esters is 1. The summed E-state index contributed by atoms with van der Waals surface area (Å²) in [6.45, 7) is 9.76. The van der Waals surface area contributed by atoms with Gasteiger partial charge < -0.3 is 4.74 Å². The lowest BCUT2D eigenvalue weighted by molar-refractivity contribution is -0.131. The summed E-state index contributed by atoms with van der Waals surface area (Å²) in [6, 6.07) is 6.98. The number of carbonyl (C=O) groups excluding carboxylic acids is 1. The van der Waals surface area contributed by atoms with E-state index >= 15 is 0 Å². The Hall–Kier alpha value is -1.35. The molecule has 1 aliphatic rings. The van der Waals surface area contributed by atoms with Crippen LogP contribution < -0.4 is 4.74 Å². The normalized spacial score (nSPS) is 21.6. The van der Waals surface area contributed by atoms with Crippen molar-refractivity contribution in [2.75, 3.05) is 0 Å². The van der Waals surface area contributed by atoms with Gasteiger partial charge in [0.25, 0.3) is 0 Å². The zero-order valence-electron chi connectivity index (χ0n) is 12.7. The smallest absolute Gasteiger partial charge is 0.308 e. The van der Waals surface area contributed by atoms with E-state index in [2.05, 4.69) is 48.5 Å². The van der Waals surface area contributed by atoms with Crippen LogP contribution in [0.1, 0.15) is 45.1 Å². The molecule has 0 spiro atoms. The molecule has 1 radical (unpaired) electrons. The Bertz CT molecular complexity index is 601. The number of carbonyl (C=O) groups is 1. The molecule has 2 unspecified atom stereocenters. The molecule has 2 rings (SSSR count). The van der Waals surface area contributed by atoms with Crippen LogP contribution >= 0.6 is 15.9 Å². The van der Waals surface area contributed by atoms with Gasteiger partial charge in [-0.15, -0.1) is 0 Å². The maximum absolute atomic E-state index is 11.4. The highest BCUT2D eigenvalue weighted by atomic mass is 79.9. The van der Waals surface area contributed by atoms with Crippen LogP contribution in [0.2, 0.25) is 0 Å². The van der Waals surface area contributed by atoms with Crippen molar-refractivity contribution in [1.29, 1.82) is 0 Å². The molecule has 3 heteroatoms. The van der Waals surface area contributed by atoms with Gasteiger partial charge in [-0.1, -0.05) is 39.7 Å². The first kappa shape index (κ1) is 16.0. The molecule has 0 saturated heterocycles. The van der Waals surface area contributed by atoms with Crippen molar-refractivity contribution >= 4 is 21.9 Å². The molecule has 21 heavy (non-hydrogen) atoms. The second kappa shape index (κ2) is 6.61. The Morgan fingerprint density at radius 3 is 2.81 bits per heavy atom. The van der Waals surface area contributed by atoms with Crippen molar-refractivity contribution in [3.63, 3.8) is 0 Å². The fourth-order valence-electron chi connectivity index (χ4n) is 2.87. The van der Waals surface area contributed by atoms with Gasteiger partial charge in [0.05, 0.1) is 0 Å². The molecule has 0 aromatic heterocycles. The molecule has 0 aliphatic heterocycles. The third-order valence-electron chi connectivity index (χ3n) is 3.87. The van der Waals surface area contributed by atoms with Crippen molar-refractivity contribution in [1.82, 2.24) is 0 Å². The minimum Gasteiger partial charge on any atom is -0.426 e. The van der Waals surface area contributed by atoms with E-state index in [1.165, 1.54) is 12.5 Å². The molecule has 1 aliphatic carbocycles. The van der Waals surface area contributed by atoms with E-state index in [1.54, 1.807) is 0 Å². The minimum absolute atomic E-state index is 0.165. The lowest BCUT2D eigenvalue weighted by Crippen LogP contribution is -2.18. The molecule has 0 saturated carbocycles. The van der Waals surface area contributed by atoms with Crippen LogP contribution in [-0.2, 0) is 4.79 Å². The molecular weight excluding hydrogens is 328 g/mol. The summed E-state index contributed by atoms with van der Waals surface area (Å²) in [5.41, 5.74) is 3.46. The van der Waals surface area contributed by atoms with Gasteiger partial charge in [-0.05, 0) is 50.8 Å². The highest BCUT2D eigenvalue weighted by Crippen LogP contribution is 2.43. The standard InChI is InChI=1S/C18H20BrO2/c1-11(2)15-7-5-12(3)9-17(15)16-8-6-14(19)10-18(16)21-13(4)20/h6,9-10,15,17H,1,5,7H2,2-4H3. The first-order chi connectivity index (χ1) is 9.88. The van der Waals surface area contributed by atoms with Gasteiger partial charge >= 0.3 is 5.97 Å². The van der Waals surface area contributed by atoms with Gasteiger partial charge in [0, 0.05) is 22.9 Å². The molecule has 111 valence electrons. The summed E-state index contributed by atoms with van der Waals surface area (Å²) in [5, 5.41) is 0. The lowest BCUT2D eigenvalue weighted by atomic mass is 9.74. The molecule has 2 nitrogen and oxygen atoms in total. The molecule has 0 heterocycles. The van der Waals surface area contributed by atoms with Crippen LogP contribution in [0, 0.1) is 12.0 Å². The van der Waals surface area contributed by atoms with Crippen LogP contribution in [0.4, 0.5) is 0 Å². The summed E-state index contributed by atoms with van der Waals surface area (Å²) in [5.74, 6) is 0.796. The molecule has 0 fully saturated rings. The van der Waals surface area contributed by atoms with E-state index in [9.17, 15) is 4.79 Å². The number of hydrogen-bond donors (Lipinski definition) is 0. The van der Waals surface area contributed by atoms with Crippen LogP contribution in [0.5, 0.6) is 5.75 Å². The molecule has 0 bridgehead atoms. The quantitative estimate of drug-likeness (QED) is 0.427. The Kier molecular flexibility index (Phi) is 5.04. The molecular formula is C18H20BrO2. The van der Waals surface area contributed by atoms with E-state index in [4.69, 9.17) is 4.74 Å². The van der Waals surface area contributed by atoms with Crippen LogP contribution in [0.25, 0.3) is 0 Å². The number of ether oxygens (including phenoxy) is 1. The van der Waals surface area contributed by atoms with Gasteiger partial charge in [-0.25, -0.2) is 0 Å². The largest absolute Gasteiger partial charge is 0.426 e. The predicted octanol–water partition coefficient (Wildman–Crippen LogP) is 5.19. The number of allylic oxidation sites excluding steroid dienone is 3. The minimum atomic E-state index is -0.314. The maximum Gasteiger partial charge on any atom is 0.308 e. The lowest BCUT2D eigenvalue weighted by Gasteiger charge is -2.31. The van der Waals surface area contributed by atoms with Gasteiger partial charge in [0.1, 0.15) is 5.75 Å². The van der Waals surface area contributed by atoms with Crippen LogP contribution in [0.15, 0.2) is 40.4 Å². The van der Waals surface area contributed by atoms with E-state index in [0.29, 0.717) is 11.7 Å². The Balaban J connectivity index is 2.49. The third-order valence-corrected chi connectivity index (χ3v) is 4.33. The zero-order valence-corrected chi connectivity index (χ0v) is 14.3. The SMILES string of the molecule is C=C(C)C1CCC(C)=CC1c1[c]cc(Br)cc1OC(C)=O. The first-order valence-electron chi connectivity index (χ1n) is 7.10. The first-order valence-corrected chi connectivity index (χ1v) is 7.90. The van der Waals surface area contributed by atoms with Crippen LogP contribution in [-0.4, -0.2) is 5.97 Å². The summed E-state index contributed by atoms with van der Waals surface area (Å²) in [4.78, 5) is 11.4. The monoisotopic (exact) mass is 347 g/mol. The van der Waals surface area contributed by atoms with Gasteiger partial charge in [-0.3, -0.25) is 4.79 Å². The summed E-state index contributed by atoms with van der Waals surface area (Å²) in [6.07, 6.45) is 4.43. The van der Waals surface area contributed by atoms with Crippen molar-refractivity contribution < 1.29 is 9.53 Å². The second-order valence-corrected chi connectivity index (χ2v) is 6.64. The van der Waals surface area contributed by atoms with Crippen LogP contribution in [0.3, 0.4) is 0 Å². The van der Waals surface area contributed by atoms with Crippen molar-refractivity contribution in [2.24, 2.45) is 5.92 Å². The molecule has 2 atom stereocenters.